The minimum Gasteiger partial charge on any atom is -0.453 e. The van der Waals surface area contributed by atoms with Crippen molar-refractivity contribution >= 4 is 38.9 Å². The van der Waals surface area contributed by atoms with Gasteiger partial charge in [0.1, 0.15) is 22.1 Å². The van der Waals surface area contributed by atoms with Crippen LogP contribution in [0.1, 0.15) is 21.1 Å². The number of rotatable bonds is 4. The molecule has 4 aromatic rings. The zero-order valence-electron chi connectivity index (χ0n) is 13.8. The number of fused-ring (bicyclic) bond motifs is 1. The van der Waals surface area contributed by atoms with Gasteiger partial charge in [-0.25, -0.2) is 9.78 Å². The smallest absolute Gasteiger partial charge is 0.349 e. The molecule has 0 atom stereocenters. The van der Waals surface area contributed by atoms with E-state index in [-0.39, 0.29) is 12.2 Å². The van der Waals surface area contributed by atoms with Crippen LogP contribution in [0.15, 0.2) is 52.0 Å². The normalized spacial score (nSPS) is 11.0. The van der Waals surface area contributed by atoms with Gasteiger partial charge in [0.15, 0.2) is 0 Å². The number of H-pyrrole nitrogens is 1. The van der Waals surface area contributed by atoms with Crippen molar-refractivity contribution in [2.45, 2.75) is 13.5 Å². The van der Waals surface area contributed by atoms with E-state index in [1.165, 1.54) is 22.7 Å². The summed E-state index contributed by atoms with van der Waals surface area (Å²) in [6.07, 6.45) is 0. The molecular formula is C19H14N2O3S2. The summed E-state index contributed by atoms with van der Waals surface area (Å²) in [7, 11) is 0. The van der Waals surface area contributed by atoms with E-state index >= 15 is 0 Å². The number of aryl methyl sites for hydroxylation is 1. The first-order valence-corrected chi connectivity index (χ1v) is 9.66. The summed E-state index contributed by atoms with van der Waals surface area (Å²) in [6, 6.07) is 11.6. The summed E-state index contributed by atoms with van der Waals surface area (Å²) < 4.78 is 5.29. The molecule has 0 saturated carbocycles. The molecule has 0 aliphatic carbocycles. The summed E-state index contributed by atoms with van der Waals surface area (Å²) >= 11 is 2.74. The molecule has 7 heteroatoms. The Kier molecular flexibility index (Phi) is 4.40. The van der Waals surface area contributed by atoms with Gasteiger partial charge in [-0.3, -0.25) is 4.79 Å². The summed E-state index contributed by atoms with van der Waals surface area (Å²) in [6.45, 7) is 1.79. The molecule has 0 amide bonds. The lowest BCUT2D eigenvalue weighted by Gasteiger charge is -2.04. The topological polar surface area (TPSA) is 72.0 Å². The number of benzene rings is 1. The first kappa shape index (κ1) is 16.7. The van der Waals surface area contributed by atoms with E-state index in [0.717, 1.165) is 16.7 Å². The van der Waals surface area contributed by atoms with Crippen LogP contribution in [0.2, 0.25) is 0 Å². The van der Waals surface area contributed by atoms with E-state index in [1.54, 1.807) is 0 Å². The molecule has 0 saturated heterocycles. The van der Waals surface area contributed by atoms with Gasteiger partial charge in [-0.15, -0.1) is 22.7 Å². The fourth-order valence-electron chi connectivity index (χ4n) is 2.67. The van der Waals surface area contributed by atoms with Crippen LogP contribution in [-0.2, 0) is 11.3 Å². The molecule has 1 aromatic carbocycles. The monoisotopic (exact) mass is 382 g/mol. The van der Waals surface area contributed by atoms with Crippen LogP contribution in [0.4, 0.5) is 0 Å². The number of hydrogen-bond acceptors (Lipinski definition) is 6. The Hall–Kier alpha value is -2.77. The molecule has 0 aliphatic rings. The van der Waals surface area contributed by atoms with Crippen LogP contribution >= 0.6 is 22.7 Å². The number of esters is 1. The molecule has 130 valence electrons. The van der Waals surface area contributed by atoms with Crippen LogP contribution in [0.3, 0.4) is 0 Å². The third-order valence-electron chi connectivity index (χ3n) is 3.97. The summed E-state index contributed by atoms with van der Waals surface area (Å²) in [4.78, 5) is 33.0. The summed E-state index contributed by atoms with van der Waals surface area (Å²) in [5.74, 6) is -0.0667. The number of nitrogens with zero attached hydrogens (tertiary/aromatic N) is 1. The number of aromatic amines is 1. The average molecular weight is 382 g/mol. The van der Waals surface area contributed by atoms with Crippen molar-refractivity contribution in [3.63, 3.8) is 0 Å². The second-order valence-electron chi connectivity index (χ2n) is 5.72. The minimum atomic E-state index is -0.406. The van der Waals surface area contributed by atoms with Crippen molar-refractivity contribution in [2.24, 2.45) is 0 Å². The van der Waals surface area contributed by atoms with Gasteiger partial charge < -0.3 is 9.72 Å². The van der Waals surface area contributed by atoms with E-state index in [1.807, 2.05) is 54.1 Å². The Morgan fingerprint density at radius 1 is 1.19 bits per heavy atom. The Labute approximate surface area is 156 Å². The van der Waals surface area contributed by atoms with Gasteiger partial charge in [0.2, 0.25) is 0 Å². The number of carbonyl (C=O) groups excluding carboxylic acids is 1. The Balaban J connectivity index is 1.61. The third kappa shape index (κ3) is 3.07. The quantitative estimate of drug-likeness (QED) is 0.532. The lowest BCUT2D eigenvalue weighted by molar-refractivity contribution is 0.0467. The molecule has 1 N–H and O–H groups in total. The van der Waals surface area contributed by atoms with Gasteiger partial charge in [0.25, 0.3) is 5.56 Å². The van der Waals surface area contributed by atoms with Gasteiger partial charge in [-0.2, -0.15) is 0 Å². The minimum absolute atomic E-state index is 0.0695. The van der Waals surface area contributed by atoms with Crippen LogP contribution in [-0.4, -0.2) is 15.9 Å². The molecule has 0 aliphatic heterocycles. The number of ether oxygens (including phenoxy) is 1. The van der Waals surface area contributed by atoms with Crippen molar-refractivity contribution < 1.29 is 9.53 Å². The number of hydrogen-bond donors (Lipinski definition) is 1. The maximum absolute atomic E-state index is 12.6. The maximum Gasteiger partial charge on any atom is 0.349 e. The second kappa shape index (κ2) is 6.86. The molecule has 26 heavy (non-hydrogen) atoms. The first-order valence-electron chi connectivity index (χ1n) is 7.90. The lowest BCUT2D eigenvalue weighted by atomic mass is 10.1. The second-order valence-corrected chi connectivity index (χ2v) is 7.49. The average Bonchev–Trinajstić information content (AvgIpc) is 3.27. The molecule has 0 bridgehead atoms. The molecule has 0 radical (unpaired) electrons. The molecule has 0 unspecified atom stereocenters. The van der Waals surface area contributed by atoms with Crippen molar-refractivity contribution in [1.82, 2.24) is 9.97 Å². The molecule has 0 fully saturated rings. The predicted molar refractivity (Wildman–Crippen MR) is 104 cm³/mol. The predicted octanol–water partition coefficient (Wildman–Crippen LogP) is 4.38. The highest BCUT2D eigenvalue weighted by Crippen LogP contribution is 2.30. The maximum atomic E-state index is 12.6. The molecule has 3 heterocycles. The zero-order chi connectivity index (χ0) is 18.1. The van der Waals surface area contributed by atoms with E-state index in [4.69, 9.17) is 4.74 Å². The van der Waals surface area contributed by atoms with Gasteiger partial charge in [-0.05, 0) is 29.5 Å². The van der Waals surface area contributed by atoms with E-state index in [9.17, 15) is 9.59 Å². The molecule has 4 rings (SSSR count). The standard InChI is InChI=1S/C19H14N2O3S2/c1-11-7-8-25-16(11)19(23)24-9-14-20-17(22)15-13(10-26-18(15)21-14)12-5-3-2-4-6-12/h2-8,10H,9H2,1H3,(H,20,21,22). The van der Waals surface area contributed by atoms with Gasteiger partial charge in [0.05, 0.1) is 5.39 Å². The van der Waals surface area contributed by atoms with Gasteiger partial charge >= 0.3 is 5.97 Å². The Bertz CT molecular complexity index is 1140. The first-order chi connectivity index (χ1) is 12.6. The van der Waals surface area contributed by atoms with Gasteiger partial charge in [-0.1, -0.05) is 30.3 Å². The highest BCUT2D eigenvalue weighted by Gasteiger charge is 2.15. The Morgan fingerprint density at radius 2 is 2.00 bits per heavy atom. The molecular weight excluding hydrogens is 368 g/mol. The summed E-state index contributed by atoms with van der Waals surface area (Å²) in [5, 5.41) is 4.33. The largest absolute Gasteiger partial charge is 0.453 e. The summed E-state index contributed by atoms with van der Waals surface area (Å²) in [5.41, 5.74) is 2.48. The van der Waals surface area contributed by atoms with Crippen molar-refractivity contribution in [3.8, 4) is 11.1 Å². The van der Waals surface area contributed by atoms with Crippen molar-refractivity contribution in [2.75, 3.05) is 0 Å². The van der Waals surface area contributed by atoms with Crippen LogP contribution in [0.5, 0.6) is 0 Å². The number of carbonyl (C=O) groups is 1. The number of aromatic nitrogens is 2. The Morgan fingerprint density at radius 3 is 2.73 bits per heavy atom. The zero-order valence-corrected chi connectivity index (χ0v) is 15.4. The van der Waals surface area contributed by atoms with E-state index < -0.39 is 5.97 Å². The fourth-order valence-corrected chi connectivity index (χ4v) is 4.46. The van der Waals surface area contributed by atoms with Crippen LogP contribution in [0, 0.1) is 6.92 Å². The third-order valence-corrected chi connectivity index (χ3v) is 5.83. The number of nitrogens with one attached hydrogen (secondary N) is 1. The highest BCUT2D eigenvalue weighted by molar-refractivity contribution is 7.17. The van der Waals surface area contributed by atoms with Crippen LogP contribution in [0.25, 0.3) is 21.3 Å². The van der Waals surface area contributed by atoms with E-state index in [0.29, 0.717) is 20.9 Å². The SMILES string of the molecule is Cc1ccsc1C(=O)OCc1nc2scc(-c3ccccc3)c2c(=O)[nH]1. The molecule has 3 aromatic heterocycles. The van der Waals surface area contributed by atoms with Crippen LogP contribution < -0.4 is 5.56 Å². The highest BCUT2D eigenvalue weighted by atomic mass is 32.1. The lowest BCUT2D eigenvalue weighted by Crippen LogP contribution is -2.14. The fraction of sp³-hybridized carbons (Fsp3) is 0.105. The van der Waals surface area contributed by atoms with Crippen molar-refractivity contribution in [1.29, 1.82) is 0 Å². The molecule has 5 nitrogen and oxygen atoms in total. The van der Waals surface area contributed by atoms with Crippen molar-refractivity contribution in [3.05, 3.63) is 73.8 Å². The molecule has 0 spiro atoms. The van der Waals surface area contributed by atoms with Gasteiger partial charge in [0, 0.05) is 10.9 Å². The number of thiophene rings is 2. The van der Waals surface area contributed by atoms with E-state index in [2.05, 4.69) is 9.97 Å².